The van der Waals surface area contributed by atoms with Gasteiger partial charge in [0.15, 0.2) is 0 Å². The van der Waals surface area contributed by atoms with E-state index in [4.69, 9.17) is 5.73 Å². The van der Waals surface area contributed by atoms with Crippen molar-refractivity contribution in [3.8, 4) is 0 Å². The van der Waals surface area contributed by atoms with Crippen molar-refractivity contribution in [3.63, 3.8) is 0 Å². The number of aliphatic hydroxyl groups excluding tert-OH is 1. The molecule has 1 aromatic rings. The Hall–Kier alpha value is -0.510. The van der Waals surface area contributed by atoms with Gasteiger partial charge in [0.2, 0.25) is 0 Å². The molecule has 1 heterocycles. The van der Waals surface area contributed by atoms with Crippen LogP contribution in [0.1, 0.15) is 43.6 Å². The molecule has 2 aliphatic rings. The zero-order valence-electron chi connectivity index (χ0n) is 11.3. The molecule has 0 bridgehead atoms. The molecule has 3 N–H and O–H groups in total. The van der Waals surface area contributed by atoms with Gasteiger partial charge in [-0.3, -0.25) is 0 Å². The summed E-state index contributed by atoms with van der Waals surface area (Å²) in [4.78, 5) is 1.42. The highest BCUT2D eigenvalue weighted by Crippen LogP contribution is 2.48. The Labute approximate surface area is 119 Å². The number of nitrogens with two attached hydrogens (primary N) is 1. The van der Waals surface area contributed by atoms with Gasteiger partial charge in [-0.15, -0.1) is 11.8 Å². The predicted molar refractivity (Wildman–Crippen MR) is 80.5 cm³/mol. The van der Waals surface area contributed by atoms with Gasteiger partial charge in [-0.1, -0.05) is 31.0 Å². The van der Waals surface area contributed by atoms with Crippen LogP contribution in [-0.4, -0.2) is 23.5 Å². The molecular formula is C16H23NOS. The molecule has 1 aromatic carbocycles. The average Bonchev–Trinajstić information content (AvgIpc) is 2.85. The molecule has 0 spiro atoms. The summed E-state index contributed by atoms with van der Waals surface area (Å²) in [6.45, 7) is 0.623. The van der Waals surface area contributed by atoms with E-state index in [0.29, 0.717) is 12.5 Å². The Morgan fingerprint density at radius 2 is 2.16 bits per heavy atom. The van der Waals surface area contributed by atoms with E-state index in [2.05, 4.69) is 24.3 Å². The standard InChI is InChI=1S/C16H23NOS/c17-11-16(8-4-3-7-15(16)18)9-12-10-19-14-6-2-1-5-13(12)14/h1-2,5-6,12,15,18H,3-4,7-11,17H2. The largest absolute Gasteiger partial charge is 0.393 e. The third kappa shape index (κ3) is 2.44. The topological polar surface area (TPSA) is 46.2 Å². The first-order valence-electron chi connectivity index (χ1n) is 7.35. The Morgan fingerprint density at radius 1 is 1.32 bits per heavy atom. The number of fused-ring (bicyclic) bond motifs is 1. The van der Waals surface area contributed by atoms with E-state index < -0.39 is 0 Å². The van der Waals surface area contributed by atoms with Crippen molar-refractivity contribution in [3.05, 3.63) is 29.8 Å². The molecule has 1 aliphatic carbocycles. The molecule has 0 radical (unpaired) electrons. The van der Waals surface area contributed by atoms with E-state index in [1.807, 2.05) is 11.8 Å². The van der Waals surface area contributed by atoms with Crippen LogP contribution in [0.3, 0.4) is 0 Å². The minimum absolute atomic E-state index is 0.0407. The molecule has 3 unspecified atom stereocenters. The maximum atomic E-state index is 10.4. The van der Waals surface area contributed by atoms with Crippen molar-refractivity contribution in [2.45, 2.75) is 49.0 Å². The quantitative estimate of drug-likeness (QED) is 0.892. The first-order chi connectivity index (χ1) is 9.25. The Kier molecular flexibility index (Phi) is 3.88. The summed E-state index contributed by atoms with van der Waals surface area (Å²) in [5.41, 5.74) is 7.49. The van der Waals surface area contributed by atoms with Gasteiger partial charge < -0.3 is 10.8 Å². The van der Waals surface area contributed by atoms with E-state index >= 15 is 0 Å². The molecule has 1 fully saturated rings. The van der Waals surface area contributed by atoms with Crippen LogP contribution in [0, 0.1) is 5.41 Å². The van der Waals surface area contributed by atoms with Crippen LogP contribution in [0.15, 0.2) is 29.2 Å². The lowest BCUT2D eigenvalue weighted by molar-refractivity contribution is -0.0151. The van der Waals surface area contributed by atoms with E-state index in [-0.39, 0.29) is 11.5 Å². The first-order valence-corrected chi connectivity index (χ1v) is 8.33. The van der Waals surface area contributed by atoms with E-state index in [0.717, 1.165) is 31.4 Å². The molecule has 3 rings (SSSR count). The summed E-state index contributed by atoms with van der Waals surface area (Å²) in [7, 11) is 0. The van der Waals surface area contributed by atoms with Crippen LogP contribution >= 0.6 is 11.8 Å². The molecule has 1 saturated carbocycles. The van der Waals surface area contributed by atoms with Gasteiger partial charge in [-0.2, -0.15) is 0 Å². The number of thioether (sulfide) groups is 1. The molecule has 2 nitrogen and oxygen atoms in total. The third-order valence-corrected chi connectivity index (χ3v) is 6.22. The predicted octanol–water partition coefficient (Wildman–Crippen LogP) is 3.15. The highest BCUT2D eigenvalue weighted by molar-refractivity contribution is 7.99. The lowest BCUT2D eigenvalue weighted by atomic mass is 9.66. The summed E-state index contributed by atoms with van der Waals surface area (Å²) in [6.07, 6.45) is 5.24. The van der Waals surface area contributed by atoms with E-state index in [1.54, 1.807) is 0 Å². The number of aliphatic hydroxyl groups is 1. The van der Waals surface area contributed by atoms with E-state index in [1.165, 1.54) is 16.9 Å². The molecule has 0 amide bonds. The van der Waals surface area contributed by atoms with Gasteiger partial charge in [0, 0.05) is 22.6 Å². The summed E-state index contributed by atoms with van der Waals surface area (Å²) in [5.74, 6) is 1.71. The average molecular weight is 277 g/mol. The minimum Gasteiger partial charge on any atom is -0.393 e. The van der Waals surface area contributed by atoms with Crippen molar-refractivity contribution in [1.29, 1.82) is 0 Å². The Morgan fingerprint density at radius 3 is 2.95 bits per heavy atom. The second-order valence-corrected chi connectivity index (χ2v) is 7.14. The normalized spacial score (nSPS) is 34.2. The molecule has 19 heavy (non-hydrogen) atoms. The lowest BCUT2D eigenvalue weighted by Gasteiger charge is -2.42. The highest BCUT2D eigenvalue weighted by atomic mass is 32.2. The molecule has 0 saturated heterocycles. The molecular weight excluding hydrogens is 254 g/mol. The van der Waals surface area contributed by atoms with Gasteiger partial charge in [-0.05, 0) is 36.8 Å². The second-order valence-electron chi connectivity index (χ2n) is 6.08. The van der Waals surface area contributed by atoms with Gasteiger partial charge in [0.05, 0.1) is 6.10 Å². The zero-order chi connectivity index (χ0) is 13.3. The lowest BCUT2D eigenvalue weighted by Crippen LogP contribution is -2.45. The summed E-state index contributed by atoms with van der Waals surface area (Å²) < 4.78 is 0. The number of hydrogen-bond acceptors (Lipinski definition) is 3. The van der Waals surface area contributed by atoms with Crippen LogP contribution in [-0.2, 0) is 0 Å². The van der Waals surface area contributed by atoms with Crippen LogP contribution in [0.25, 0.3) is 0 Å². The minimum atomic E-state index is -0.205. The second kappa shape index (κ2) is 5.47. The monoisotopic (exact) mass is 277 g/mol. The van der Waals surface area contributed by atoms with Crippen molar-refractivity contribution >= 4 is 11.8 Å². The highest BCUT2D eigenvalue weighted by Gasteiger charge is 2.41. The fourth-order valence-electron chi connectivity index (χ4n) is 3.74. The van der Waals surface area contributed by atoms with Crippen LogP contribution in [0.4, 0.5) is 0 Å². The van der Waals surface area contributed by atoms with E-state index in [9.17, 15) is 5.11 Å². The molecule has 3 atom stereocenters. The molecule has 104 valence electrons. The third-order valence-electron chi connectivity index (χ3n) is 4.97. The van der Waals surface area contributed by atoms with Crippen molar-refractivity contribution < 1.29 is 5.11 Å². The number of hydrogen-bond donors (Lipinski definition) is 2. The van der Waals surface area contributed by atoms with Crippen molar-refractivity contribution in [2.75, 3.05) is 12.3 Å². The summed E-state index contributed by atoms with van der Waals surface area (Å²) in [6, 6.07) is 8.71. The molecule has 3 heteroatoms. The number of benzene rings is 1. The molecule has 1 aliphatic heterocycles. The van der Waals surface area contributed by atoms with Crippen LogP contribution in [0.2, 0.25) is 0 Å². The zero-order valence-corrected chi connectivity index (χ0v) is 12.2. The van der Waals surface area contributed by atoms with Gasteiger partial charge >= 0.3 is 0 Å². The molecule has 0 aromatic heterocycles. The smallest absolute Gasteiger partial charge is 0.0608 e. The maximum absolute atomic E-state index is 10.4. The van der Waals surface area contributed by atoms with Gasteiger partial charge in [-0.25, -0.2) is 0 Å². The summed E-state index contributed by atoms with van der Waals surface area (Å²) in [5, 5.41) is 10.4. The SMILES string of the molecule is NCC1(CC2CSc3ccccc32)CCCCC1O. The first kappa shape index (κ1) is 13.5. The Bertz CT molecular complexity index is 450. The summed E-state index contributed by atoms with van der Waals surface area (Å²) >= 11 is 1.95. The fourth-order valence-corrected chi connectivity index (χ4v) is 4.99. The number of rotatable bonds is 3. The van der Waals surface area contributed by atoms with Crippen molar-refractivity contribution in [2.24, 2.45) is 11.1 Å². The van der Waals surface area contributed by atoms with Crippen molar-refractivity contribution in [1.82, 2.24) is 0 Å². The maximum Gasteiger partial charge on any atom is 0.0608 e. The fraction of sp³-hybridized carbons (Fsp3) is 0.625. The van der Waals surface area contributed by atoms with Crippen LogP contribution < -0.4 is 5.73 Å². The van der Waals surface area contributed by atoms with Gasteiger partial charge in [0.25, 0.3) is 0 Å². The van der Waals surface area contributed by atoms with Gasteiger partial charge in [0.1, 0.15) is 0 Å². The van der Waals surface area contributed by atoms with Crippen LogP contribution in [0.5, 0.6) is 0 Å². The Balaban J connectivity index is 1.81.